The van der Waals surface area contributed by atoms with Gasteiger partial charge in [-0.1, -0.05) is 72.0 Å². The van der Waals surface area contributed by atoms with Crippen LogP contribution in [0.5, 0.6) is 0 Å². The number of hydrogen-bond donors (Lipinski definition) is 0. The van der Waals surface area contributed by atoms with E-state index in [9.17, 15) is 14.9 Å². The number of nitrogens with zero attached hydrogens (tertiary/aromatic N) is 3. The van der Waals surface area contributed by atoms with Crippen LogP contribution < -0.4 is 10.1 Å². The second-order valence-electron chi connectivity index (χ2n) is 6.92. The standard InChI is InChI=1S/C24H15N3O3S/c28-23-20(15-16-11-13-19(14-12-16)27(29)30)31-24-25-21(17-7-3-1-4-8-17)22(26(23)24)18-9-5-2-6-10-18/h1-15H/b20-15-. The number of aromatic nitrogens is 2. The molecule has 0 N–H and O–H groups in total. The molecule has 2 aromatic heterocycles. The lowest BCUT2D eigenvalue weighted by Crippen LogP contribution is -2.23. The van der Waals surface area contributed by atoms with E-state index < -0.39 is 4.92 Å². The van der Waals surface area contributed by atoms with Crippen molar-refractivity contribution in [3.63, 3.8) is 0 Å². The normalized spacial score (nSPS) is 11.8. The topological polar surface area (TPSA) is 77.5 Å². The molecule has 0 aliphatic heterocycles. The number of nitro benzene ring substituents is 1. The third-order valence-corrected chi connectivity index (χ3v) is 5.93. The molecule has 0 aliphatic carbocycles. The first kappa shape index (κ1) is 18.9. The molecule has 0 unspecified atom stereocenters. The number of nitro groups is 1. The van der Waals surface area contributed by atoms with Crippen LogP contribution >= 0.6 is 11.3 Å². The van der Waals surface area contributed by atoms with Gasteiger partial charge in [0.15, 0.2) is 4.96 Å². The third kappa shape index (κ3) is 3.41. The molecule has 31 heavy (non-hydrogen) atoms. The largest absolute Gasteiger partial charge is 0.274 e. The summed E-state index contributed by atoms with van der Waals surface area (Å²) in [5, 5.41) is 10.9. The molecule has 5 rings (SSSR count). The maximum absolute atomic E-state index is 13.3. The monoisotopic (exact) mass is 425 g/mol. The zero-order valence-electron chi connectivity index (χ0n) is 16.1. The predicted molar refractivity (Wildman–Crippen MR) is 122 cm³/mol. The lowest BCUT2D eigenvalue weighted by Gasteiger charge is -2.04. The van der Waals surface area contributed by atoms with Gasteiger partial charge in [-0.3, -0.25) is 14.9 Å². The summed E-state index contributed by atoms with van der Waals surface area (Å²) < 4.78 is 2.17. The van der Waals surface area contributed by atoms with E-state index in [-0.39, 0.29) is 11.2 Å². The van der Waals surface area contributed by atoms with Crippen molar-refractivity contribution >= 4 is 28.1 Å². The first-order valence-electron chi connectivity index (χ1n) is 9.54. The molecule has 0 atom stereocenters. The Balaban J connectivity index is 1.73. The van der Waals surface area contributed by atoms with Crippen LogP contribution in [0.4, 0.5) is 5.69 Å². The number of hydrogen-bond acceptors (Lipinski definition) is 5. The summed E-state index contributed by atoms with van der Waals surface area (Å²) in [6.07, 6.45) is 1.74. The Hall–Kier alpha value is -4.10. The van der Waals surface area contributed by atoms with Crippen LogP contribution in [-0.4, -0.2) is 14.3 Å². The highest BCUT2D eigenvalue weighted by Crippen LogP contribution is 2.32. The number of benzene rings is 3. The molecule has 0 saturated carbocycles. The van der Waals surface area contributed by atoms with Crippen molar-refractivity contribution in [1.82, 2.24) is 9.38 Å². The van der Waals surface area contributed by atoms with E-state index in [0.717, 1.165) is 28.1 Å². The Morgan fingerprint density at radius 1 is 0.871 bits per heavy atom. The fourth-order valence-corrected chi connectivity index (χ4v) is 4.48. The lowest BCUT2D eigenvalue weighted by atomic mass is 10.1. The van der Waals surface area contributed by atoms with Crippen LogP contribution in [0.3, 0.4) is 0 Å². The predicted octanol–water partition coefficient (Wildman–Crippen LogP) is 4.55. The van der Waals surface area contributed by atoms with Crippen LogP contribution in [0.15, 0.2) is 89.7 Å². The van der Waals surface area contributed by atoms with Crippen molar-refractivity contribution in [3.05, 3.63) is 115 Å². The summed E-state index contributed by atoms with van der Waals surface area (Å²) in [6, 6.07) is 25.7. The minimum Gasteiger partial charge on any atom is -0.267 e. The van der Waals surface area contributed by atoms with E-state index in [4.69, 9.17) is 4.98 Å². The minimum atomic E-state index is -0.445. The Labute approximate surface area is 180 Å². The average molecular weight is 425 g/mol. The van der Waals surface area contributed by atoms with Crippen molar-refractivity contribution in [1.29, 1.82) is 0 Å². The van der Waals surface area contributed by atoms with Crippen molar-refractivity contribution < 1.29 is 4.92 Å². The molecule has 0 radical (unpaired) electrons. The summed E-state index contributed by atoms with van der Waals surface area (Å²) in [7, 11) is 0. The van der Waals surface area contributed by atoms with Crippen LogP contribution in [0.25, 0.3) is 33.6 Å². The SMILES string of the molecule is O=c1/c(=C/c2ccc([N+](=O)[O-])cc2)sc2nc(-c3ccccc3)c(-c3ccccc3)n12. The summed E-state index contributed by atoms with van der Waals surface area (Å²) in [5.74, 6) is 0. The number of rotatable bonds is 4. The summed E-state index contributed by atoms with van der Waals surface area (Å²) in [6.45, 7) is 0. The lowest BCUT2D eigenvalue weighted by molar-refractivity contribution is -0.384. The molecule has 0 amide bonds. The fourth-order valence-electron chi connectivity index (χ4n) is 3.50. The molecule has 0 fully saturated rings. The van der Waals surface area contributed by atoms with Crippen LogP contribution in [0, 0.1) is 10.1 Å². The Kier molecular flexibility index (Phi) is 4.65. The van der Waals surface area contributed by atoms with Gasteiger partial charge < -0.3 is 0 Å². The van der Waals surface area contributed by atoms with E-state index in [1.54, 1.807) is 22.6 Å². The Morgan fingerprint density at radius 3 is 2.10 bits per heavy atom. The van der Waals surface area contributed by atoms with Gasteiger partial charge in [-0.2, -0.15) is 0 Å². The van der Waals surface area contributed by atoms with Gasteiger partial charge in [0, 0.05) is 23.3 Å². The molecule has 6 nitrogen and oxygen atoms in total. The van der Waals surface area contributed by atoms with E-state index >= 15 is 0 Å². The first-order chi connectivity index (χ1) is 15.1. The molecule has 0 spiro atoms. The van der Waals surface area contributed by atoms with E-state index in [1.165, 1.54) is 23.5 Å². The fraction of sp³-hybridized carbons (Fsp3) is 0. The van der Waals surface area contributed by atoms with Gasteiger partial charge in [-0.05, 0) is 23.8 Å². The number of thiazole rings is 1. The smallest absolute Gasteiger partial charge is 0.267 e. The molecule has 3 aromatic carbocycles. The van der Waals surface area contributed by atoms with Gasteiger partial charge in [0.05, 0.1) is 20.8 Å². The van der Waals surface area contributed by atoms with Crippen molar-refractivity contribution in [2.24, 2.45) is 0 Å². The summed E-state index contributed by atoms with van der Waals surface area (Å²) in [4.78, 5) is 29.2. The quantitative estimate of drug-likeness (QED) is 0.313. The first-order valence-corrected chi connectivity index (χ1v) is 10.4. The second kappa shape index (κ2) is 7.62. The van der Waals surface area contributed by atoms with Crippen molar-refractivity contribution in [3.8, 4) is 22.5 Å². The second-order valence-corrected chi connectivity index (χ2v) is 7.93. The van der Waals surface area contributed by atoms with E-state index in [0.29, 0.717) is 9.49 Å². The van der Waals surface area contributed by atoms with Crippen LogP contribution in [-0.2, 0) is 0 Å². The molecular formula is C24H15N3O3S. The van der Waals surface area contributed by atoms with Crippen LogP contribution in [0.1, 0.15) is 5.56 Å². The maximum Gasteiger partial charge on any atom is 0.274 e. The minimum absolute atomic E-state index is 0.0133. The van der Waals surface area contributed by atoms with Crippen molar-refractivity contribution in [2.75, 3.05) is 0 Å². The Bertz CT molecular complexity index is 1510. The highest BCUT2D eigenvalue weighted by Gasteiger charge is 2.19. The van der Waals surface area contributed by atoms with Crippen LogP contribution in [0.2, 0.25) is 0 Å². The van der Waals surface area contributed by atoms with Gasteiger partial charge >= 0.3 is 0 Å². The molecule has 0 aliphatic rings. The van der Waals surface area contributed by atoms with Gasteiger partial charge in [-0.15, -0.1) is 0 Å². The third-order valence-electron chi connectivity index (χ3n) is 4.96. The summed E-state index contributed by atoms with van der Waals surface area (Å²) >= 11 is 1.30. The van der Waals surface area contributed by atoms with Gasteiger partial charge in [0.2, 0.25) is 0 Å². The molecule has 2 heterocycles. The zero-order chi connectivity index (χ0) is 21.4. The molecule has 5 aromatic rings. The highest BCUT2D eigenvalue weighted by atomic mass is 32.1. The van der Waals surface area contributed by atoms with Gasteiger partial charge in [0.25, 0.3) is 11.2 Å². The molecule has 150 valence electrons. The maximum atomic E-state index is 13.3. The van der Waals surface area contributed by atoms with Gasteiger partial charge in [-0.25, -0.2) is 9.38 Å². The molecule has 0 saturated heterocycles. The van der Waals surface area contributed by atoms with E-state index in [2.05, 4.69) is 0 Å². The molecular weight excluding hydrogens is 410 g/mol. The number of non-ortho nitro benzene ring substituents is 1. The number of imidazole rings is 1. The Morgan fingerprint density at radius 2 is 1.48 bits per heavy atom. The van der Waals surface area contributed by atoms with Crippen molar-refractivity contribution in [2.45, 2.75) is 0 Å². The summed E-state index contributed by atoms with van der Waals surface area (Å²) in [5.41, 5.74) is 3.94. The zero-order valence-corrected chi connectivity index (χ0v) is 17.0. The molecule has 0 bridgehead atoms. The molecule has 7 heteroatoms. The number of fused-ring (bicyclic) bond motifs is 1. The average Bonchev–Trinajstić information content (AvgIpc) is 3.32. The van der Waals surface area contributed by atoms with E-state index in [1.807, 2.05) is 60.7 Å². The highest BCUT2D eigenvalue weighted by molar-refractivity contribution is 7.15. The van der Waals surface area contributed by atoms with Gasteiger partial charge in [0.1, 0.15) is 0 Å².